The Hall–Kier alpha value is -1.59. The first-order valence-corrected chi connectivity index (χ1v) is 6.61. The summed E-state index contributed by atoms with van der Waals surface area (Å²) >= 11 is 0. The monoisotopic (exact) mass is 264 g/mol. The highest BCUT2D eigenvalue weighted by Crippen LogP contribution is 2.18. The molecule has 0 spiro atoms. The number of ether oxygens (including phenoxy) is 1. The van der Waals surface area contributed by atoms with E-state index in [1.807, 2.05) is 29.2 Å². The first-order chi connectivity index (χ1) is 9.31. The molecule has 5 nitrogen and oxygen atoms in total. The second kappa shape index (κ2) is 7.11. The predicted octanol–water partition coefficient (Wildman–Crippen LogP) is 0.0320. The van der Waals surface area contributed by atoms with Gasteiger partial charge in [-0.1, -0.05) is 18.2 Å². The Kier molecular flexibility index (Phi) is 5.18. The van der Waals surface area contributed by atoms with Gasteiger partial charge in [0.2, 0.25) is 0 Å². The van der Waals surface area contributed by atoms with Crippen LogP contribution in [-0.2, 0) is 11.2 Å². The highest BCUT2D eigenvalue weighted by atomic mass is 16.5. The van der Waals surface area contributed by atoms with E-state index in [2.05, 4.69) is 5.32 Å². The minimum absolute atomic E-state index is 0.0142. The van der Waals surface area contributed by atoms with Gasteiger partial charge in [0.25, 0.3) is 5.91 Å². The molecule has 1 amide bonds. The number of hydrogen-bond acceptors (Lipinski definition) is 4. The smallest absolute Gasteiger partial charge is 0.260 e. The van der Waals surface area contributed by atoms with Crippen molar-refractivity contribution in [2.45, 2.75) is 6.42 Å². The SMILES string of the molecule is O=C(COc1ccccc1CCO)N1CCNCC1. The van der Waals surface area contributed by atoms with Crippen LogP contribution in [0, 0.1) is 0 Å². The van der Waals surface area contributed by atoms with Crippen molar-refractivity contribution < 1.29 is 14.6 Å². The first-order valence-electron chi connectivity index (χ1n) is 6.61. The van der Waals surface area contributed by atoms with Crippen LogP contribution in [0.2, 0.25) is 0 Å². The molecule has 0 radical (unpaired) electrons. The molecular weight excluding hydrogens is 244 g/mol. The number of carbonyl (C=O) groups excluding carboxylic acids is 1. The standard InChI is InChI=1S/C14H20N2O3/c17-10-5-12-3-1-2-4-13(12)19-11-14(18)16-8-6-15-7-9-16/h1-4,15,17H,5-11H2. The Balaban J connectivity index is 1.89. The van der Waals surface area contributed by atoms with Gasteiger partial charge in [0, 0.05) is 32.8 Å². The van der Waals surface area contributed by atoms with Crippen LogP contribution in [0.3, 0.4) is 0 Å². The van der Waals surface area contributed by atoms with E-state index >= 15 is 0 Å². The second-order valence-corrected chi connectivity index (χ2v) is 4.50. The number of piperazine rings is 1. The Morgan fingerprint density at radius 3 is 2.79 bits per heavy atom. The lowest BCUT2D eigenvalue weighted by Gasteiger charge is -2.27. The van der Waals surface area contributed by atoms with Gasteiger partial charge in [0.05, 0.1) is 0 Å². The molecule has 0 atom stereocenters. The Morgan fingerprint density at radius 1 is 1.32 bits per heavy atom. The molecule has 1 aliphatic rings. The van der Waals surface area contributed by atoms with Gasteiger partial charge in [-0.15, -0.1) is 0 Å². The summed E-state index contributed by atoms with van der Waals surface area (Å²) in [7, 11) is 0. The summed E-state index contributed by atoms with van der Waals surface area (Å²) in [6.45, 7) is 3.29. The number of carbonyl (C=O) groups is 1. The fourth-order valence-electron chi connectivity index (χ4n) is 2.12. The van der Waals surface area contributed by atoms with E-state index in [0.717, 1.165) is 31.7 Å². The van der Waals surface area contributed by atoms with Crippen LogP contribution in [0.1, 0.15) is 5.56 Å². The van der Waals surface area contributed by atoms with Crippen molar-refractivity contribution in [2.24, 2.45) is 0 Å². The van der Waals surface area contributed by atoms with Gasteiger partial charge in [0.15, 0.2) is 6.61 Å². The van der Waals surface area contributed by atoms with E-state index in [1.165, 1.54) is 0 Å². The van der Waals surface area contributed by atoms with Crippen LogP contribution in [0.4, 0.5) is 0 Å². The highest BCUT2D eigenvalue weighted by molar-refractivity contribution is 5.77. The fraction of sp³-hybridized carbons (Fsp3) is 0.500. The van der Waals surface area contributed by atoms with Gasteiger partial charge in [-0.25, -0.2) is 0 Å². The Morgan fingerprint density at radius 2 is 2.05 bits per heavy atom. The van der Waals surface area contributed by atoms with Crippen LogP contribution >= 0.6 is 0 Å². The lowest BCUT2D eigenvalue weighted by Crippen LogP contribution is -2.47. The summed E-state index contributed by atoms with van der Waals surface area (Å²) in [5.41, 5.74) is 0.929. The number of hydrogen-bond donors (Lipinski definition) is 2. The molecule has 1 saturated heterocycles. The van der Waals surface area contributed by atoms with Crippen LogP contribution in [0.25, 0.3) is 0 Å². The average Bonchev–Trinajstić information content (AvgIpc) is 2.47. The van der Waals surface area contributed by atoms with Crippen LogP contribution in [0.15, 0.2) is 24.3 Å². The normalized spacial score (nSPS) is 15.3. The maximum Gasteiger partial charge on any atom is 0.260 e. The van der Waals surface area contributed by atoms with Gasteiger partial charge in [-0.2, -0.15) is 0 Å². The molecule has 5 heteroatoms. The van der Waals surface area contributed by atoms with E-state index in [0.29, 0.717) is 12.2 Å². The molecule has 1 aromatic rings. The molecule has 1 aromatic carbocycles. The third kappa shape index (κ3) is 3.94. The molecule has 19 heavy (non-hydrogen) atoms. The van der Waals surface area contributed by atoms with Crippen molar-refractivity contribution in [3.05, 3.63) is 29.8 Å². The number of nitrogens with zero attached hydrogens (tertiary/aromatic N) is 1. The Bertz CT molecular complexity index is 417. The average molecular weight is 264 g/mol. The van der Waals surface area contributed by atoms with Gasteiger partial charge in [0.1, 0.15) is 5.75 Å². The first kappa shape index (κ1) is 13.8. The van der Waals surface area contributed by atoms with E-state index < -0.39 is 0 Å². The molecule has 0 unspecified atom stereocenters. The zero-order valence-corrected chi connectivity index (χ0v) is 11.0. The largest absolute Gasteiger partial charge is 0.483 e. The van der Waals surface area contributed by atoms with Crippen molar-refractivity contribution in [3.63, 3.8) is 0 Å². The number of amides is 1. The topological polar surface area (TPSA) is 61.8 Å². The summed E-state index contributed by atoms with van der Waals surface area (Å²) in [5.74, 6) is 0.695. The molecule has 2 N–H and O–H groups in total. The molecule has 1 aliphatic heterocycles. The number of rotatable bonds is 5. The number of aliphatic hydroxyl groups is 1. The predicted molar refractivity (Wildman–Crippen MR) is 72.2 cm³/mol. The lowest BCUT2D eigenvalue weighted by molar-refractivity contribution is -0.133. The fourth-order valence-corrected chi connectivity index (χ4v) is 2.12. The number of para-hydroxylation sites is 1. The van der Waals surface area contributed by atoms with Crippen LogP contribution < -0.4 is 10.1 Å². The zero-order chi connectivity index (χ0) is 13.5. The van der Waals surface area contributed by atoms with Crippen molar-refractivity contribution in [2.75, 3.05) is 39.4 Å². The van der Waals surface area contributed by atoms with Crippen LogP contribution in [-0.4, -0.2) is 55.3 Å². The molecular formula is C14H20N2O3. The molecule has 0 saturated carbocycles. The summed E-state index contributed by atoms with van der Waals surface area (Å²) < 4.78 is 5.58. The van der Waals surface area contributed by atoms with Crippen LogP contribution in [0.5, 0.6) is 5.75 Å². The number of benzene rings is 1. The zero-order valence-electron chi connectivity index (χ0n) is 11.0. The van der Waals surface area contributed by atoms with E-state index in [-0.39, 0.29) is 19.1 Å². The molecule has 0 aliphatic carbocycles. The minimum Gasteiger partial charge on any atom is -0.483 e. The summed E-state index contributed by atoms with van der Waals surface area (Å²) in [5, 5.41) is 12.2. The maximum atomic E-state index is 12.0. The number of nitrogens with one attached hydrogen (secondary N) is 1. The third-order valence-electron chi connectivity index (χ3n) is 3.17. The van der Waals surface area contributed by atoms with Gasteiger partial charge in [-0.05, 0) is 18.1 Å². The van der Waals surface area contributed by atoms with Gasteiger partial charge in [-0.3, -0.25) is 4.79 Å². The van der Waals surface area contributed by atoms with E-state index in [4.69, 9.17) is 9.84 Å². The molecule has 104 valence electrons. The van der Waals surface area contributed by atoms with Gasteiger partial charge >= 0.3 is 0 Å². The van der Waals surface area contributed by atoms with Crippen molar-refractivity contribution >= 4 is 5.91 Å². The van der Waals surface area contributed by atoms with Crippen molar-refractivity contribution in [1.82, 2.24) is 10.2 Å². The van der Waals surface area contributed by atoms with Crippen molar-refractivity contribution in [1.29, 1.82) is 0 Å². The molecule has 1 heterocycles. The minimum atomic E-state index is 0.0142. The second-order valence-electron chi connectivity index (χ2n) is 4.50. The molecule has 0 bridgehead atoms. The number of aliphatic hydroxyl groups excluding tert-OH is 1. The lowest BCUT2D eigenvalue weighted by atomic mass is 10.1. The van der Waals surface area contributed by atoms with Crippen molar-refractivity contribution in [3.8, 4) is 5.75 Å². The summed E-state index contributed by atoms with van der Waals surface area (Å²) in [6.07, 6.45) is 0.540. The third-order valence-corrected chi connectivity index (χ3v) is 3.17. The van der Waals surface area contributed by atoms with Gasteiger partial charge < -0.3 is 20.1 Å². The van der Waals surface area contributed by atoms with E-state index in [1.54, 1.807) is 0 Å². The summed E-state index contributed by atoms with van der Waals surface area (Å²) in [6, 6.07) is 7.50. The quantitative estimate of drug-likeness (QED) is 0.788. The molecule has 0 aromatic heterocycles. The summed E-state index contributed by atoms with van der Waals surface area (Å²) in [4.78, 5) is 13.8. The molecule has 2 rings (SSSR count). The van der Waals surface area contributed by atoms with E-state index in [9.17, 15) is 4.79 Å². The molecule has 1 fully saturated rings. The highest BCUT2D eigenvalue weighted by Gasteiger charge is 2.16. The Labute approximate surface area is 113 Å². The maximum absolute atomic E-state index is 12.0.